The predicted molar refractivity (Wildman–Crippen MR) is 59.3 cm³/mol. The van der Waals surface area contributed by atoms with Gasteiger partial charge in [-0.2, -0.15) is 10.6 Å². The van der Waals surface area contributed by atoms with Gasteiger partial charge in [-0.15, -0.1) is 0 Å². The second kappa shape index (κ2) is 5.24. The van der Waals surface area contributed by atoms with E-state index in [9.17, 15) is 14.8 Å². The number of hydrogen-bond donors (Lipinski definition) is 3. The zero-order valence-corrected chi connectivity index (χ0v) is 10.1. The van der Waals surface area contributed by atoms with Crippen molar-refractivity contribution in [3.63, 3.8) is 0 Å². The number of nitrogens with one attached hydrogen (secondary N) is 2. The van der Waals surface area contributed by atoms with Crippen LogP contribution in [0.25, 0.3) is 0 Å². The van der Waals surface area contributed by atoms with Crippen LogP contribution in [0, 0.1) is 5.92 Å². The minimum atomic E-state index is -1.53. The fraction of sp³-hybridized carbons (Fsp3) is 0.700. The van der Waals surface area contributed by atoms with Gasteiger partial charge in [0.1, 0.15) is 0 Å². The van der Waals surface area contributed by atoms with E-state index in [-0.39, 0.29) is 6.61 Å². The molecule has 1 rings (SSSR count). The Labute approximate surface area is 99.2 Å². The molecule has 0 aromatic heterocycles. The Morgan fingerprint density at radius 1 is 1.65 bits per heavy atom. The molecule has 2 unspecified atom stereocenters. The number of nitrogens with zero attached hydrogens (tertiary/aromatic N) is 1. The summed E-state index contributed by atoms with van der Waals surface area (Å²) in [6.07, 6.45) is 0.340. The van der Waals surface area contributed by atoms with Gasteiger partial charge in [-0.25, -0.2) is 5.43 Å². The monoisotopic (exact) mass is 243 g/mol. The Bertz CT molecular complexity index is 355. The zero-order chi connectivity index (χ0) is 13.1. The van der Waals surface area contributed by atoms with Crippen molar-refractivity contribution in [3.05, 3.63) is 0 Å². The largest absolute Gasteiger partial charge is 0.466 e. The third-order valence-electron chi connectivity index (χ3n) is 2.93. The van der Waals surface area contributed by atoms with Crippen molar-refractivity contribution in [2.75, 3.05) is 6.61 Å². The molecule has 0 spiro atoms. The SMILES string of the molecule is CCOC(=O)C(CC)C1(NO)C(=O)NN=C1C. The van der Waals surface area contributed by atoms with Crippen LogP contribution in [-0.2, 0) is 14.3 Å². The molecular weight excluding hydrogens is 226 g/mol. The number of carbonyl (C=O) groups excluding carboxylic acids is 2. The molecule has 1 amide bonds. The van der Waals surface area contributed by atoms with E-state index in [4.69, 9.17) is 4.74 Å². The van der Waals surface area contributed by atoms with Crippen LogP contribution in [-0.4, -0.2) is 34.9 Å². The normalized spacial score (nSPS) is 25.2. The minimum absolute atomic E-state index is 0.217. The fourth-order valence-corrected chi connectivity index (χ4v) is 1.99. The predicted octanol–water partition coefficient (Wildman–Crippen LogP) is -0.201. The summed E-state index contributed by atoms with van der Waals surface area (Å²) < 4.78 is 4.91. The Morgan fingerprint density at radius 2 is 2.29 bits per heavy atom. The Hall–Kier alpha value is -1.47. The van der Waals surface area contributed by atoms with Gasteiger partial charge in [0.2, 0.25) is 0 Å². The van der Waals surface area contributed by atoms with E-state index < -0.39 is 23.3 Å². The minimum Gasteiger partial charge on any atom is -0.466 e. The van der Waals surface area contributed by atoms with Crippen LogP contribution in [0.2, 0.25) is 0 Å². The van der Waals surface area contributed by atoms with Crippen molar-refractivity contribution < 1.29 is 19.5 Å². The maximum Gasteiger partial charge on any atom is 0.311 e. The lowest BCUT2D eigenvalue weighted by atomic mass is 9.79. The van der Waals surface area contributed by atoms with Gasteiger partial charge in [-0.05, 0) is 20.3 Å². The highest BCUT2D eigenvalue weighted by Gasteiger charge is 2.54. The number of ether oxygens (including phenoxy) is 1. The van der Waals surface area contributed by atoms with Crippen LogP contribution >= 0.6 is 0 Å². The highest BCUT2D eigenvalue weighted by molar-refractivity contribution is 6.18. The van der Waals surface area contributed by atoms with E-state index in [1.165, 1.54) is 0 Å². The number of rotatable bonds is 5. The Kier molecular flexibility index (Phi) is 4.19. The van der Waals surface area contributed by atoms with Crippen molar-refractivity contribution in [1.82, 2.24) is 10.9 Å². The second-order valence-corrected chi connectivity index (χ2v) is 3.77. The standard InChI is InChI=1S/C10H17N3O4/c1-4-7(8(14)17-5-2)10(13-16)6(3)11-12-9(10)15/h7,13,16H,4-5H2,1-3H3,(H,12,15). The number of hydroxylamine groups is 1. The zero-order valence-electron chi connectivity index (χ0n) is 10.1. The molecule has 2 atom stereocenters. The number of amides is 1. The van der Waals surface area contributed by atoms with Gasteiger partial charge in [0, 0.05) is 0 Å². The molecule has 0 saturated carbocycles. The summed E-state index contributed by atoms with van der Waals surface area (Å²) in [7, 11) is 0. The topological polar surface area (TPSA) is 100 Å². The molecule has 7 nitrogen and oxygen atoms in total. The van der Waals surface area contributed by atoms with E-state index in [0.717, 1.165) is 0 Å². The van der Waals surface area contributed by atoms with Crippen LogP contribution in [0.1, 0.15) is 27.2 Å². The number of esters is 1. The lowest BCUT2D eigenvalue weighted by Crippen LogP contribution is -2.62. The molecule has 7 heteroatoms. The van der Waals surface area contributed by atoms with Crippen LogP contribution in [0.5, 0.6) is 0 Å². The molecule has 17 heavy (non-hydrogen) atoms. The molecule has 0 aromatic rings. The number of hydrazone groups is 1. The first-order valence-corrected chi connectivity index (χ1v) is 5.47. The summed E-state index contributed by atoms with van der Waals surface area (Å²) in [5, 5.41) is 13.0. The summed E-state index contributed by atoms with van der Waals surface area (Å²) in [4.78, 5) is 23.6. The number of carbonyl (C=O) groups is 2. The maximum atomic E-state index is 11.8. The lowest BCUT2D eigenvalue weighted by Gasteiger charge is -2.31. The van der Waals surface area contributed by atoms with E-state index in [0.29, 0.717) is 12.1 Å². The van der Waals surface area contributed by atoms with E-state index >= 15 is 0 Å². The van der Waals surface area contributed by atoms with Crippen molar-refractivity contribution in [2.24, 2.45) is 11.0 Å². The van der Waals surface area contributed by atoms with Crippen molar-refractivity contribution in [3.8, 4) is 0 Å². The van der Waals surface area contributed by atoms with Crippen molar-refractivity contribution in [2.45, 2.75) is 32.7 Å². The molecule has 1 aliphatic rings. The molecule has 0 bridgehead atoms. The molecule has 0 fully saturated rings. The van der Waals surface area contributed by atoms with Gasteiger partial charge < -0.3 is 9.94 Å². The second-order valence-electron chi connectivity index (χ2n) is 3.77. The summed E-state index contributed by atoms with van der Waals surface area (Å²) in [6.45, 7) is 5.19. The van der Waals surface area contributed by atoms with Gasteiger partial charge in [-0.3, -0.25) is 9.59 Å². The molecule has 3 N–H and O–H groups in total. The molecule has 0 aromatic carbocycles. The van der Waals surface area contributed by atoms with Gasteiger partial charge in [0.15, 0.2) is 5.54 Å². The average Bonchev–Trinajstić information content (AvgIpc) is 2.59. The van der Waals surface area contributed by atoms with Gasteiger partial charge in [0.05, 0.1) is 18.2 Å². The molecule has 0 aliphatic carbocycles. The summed E-state index contributed by atoms with van der Waals surface area (Å²) >= 11 is 0. The summed E-state index contributed by atoms with van der Waals surface area (Å²) in [5.74, 6) is -1.92. The first kappa shape index (κ1) is 13.6. The first-order valence-electron chi connectivity index (χ1n) is 5.47. The summed E-state index contributed by atoms with van der Waals surface area (Å²) in [5.41, 5.74) is 2.95. The van der Waals surface area contributed by atoms with E-state index in [2.05, 4.69) is 10.5 Å². The molecular formula is C10H17N3O4. The van der Waals surface area contributed by atoms with Crippen molar-refractivity contribution >= 4 is 17.6 Å². The average molecular weight is 243 g/mol. The highest BCUT2D eigenvalue weighted by atomic mass is 16.5. The highest BCUT2D eigenvalue weighted by Crippen LogP contribution is 2.27. The maximum absolute atomic E-state index is 11.8. The Balaban J connectivity index is 3.10. The van der Waals surface area contributed by atoms with Crippen LogP contribution in [0.15, 0.2) is 5.10 Å². The summed E-state index contributed by atoms with van der Waals surface area (Å²) in [6, 6.07) is 0. The molecule has 96 valence electrons. The van der Waals surface area contributed by atoms with Crippen LogP contribution in [0.4, 0.5) is 0 Å². The number of hydrogen-bond acceptors (Lipinski definition) is 6. The van der Waals surface area contributed by atoms with Crippen LogP contribution in [0.3, 0.4) is 0 Å². The van der Waals surface area contributed by atoms with Crippen LogP contribution < -0.4 is 10.9 Å². The Morgan fingerprint density at radius 3 is 2.65 bits per heavy atom. The fourth-order valence-electron chi connectivity index (χ4n) is 1.99. The van der Waals surface area contributed by atoms with E-state index in [1.54, 1.807) is 20.8 Å². The lowest BCUT2D eigenvalue weighted by molar-refractivity contribution is -0.155. The third-order valence-corrected chi connectivity index (χ3v) is 2.93. The van der Waals surface area contributed by atoms with Gasteiger partial charge in [0.25, 0.3) is 5.91 Å². The van der Waals surface area contributed by atoms with E-state index in [1.807, 2.05) is 5.48 Å². The molecule has 1 aliphatic heterocycles. The smallest absolute Gasteiger partial charge is 0.311 e. The quantitative estimate of drug-likeness (QED) is 0.458. The molecule has 1 heterocycles. The van der Waals surface area contributed by atoms with Gasteiger partial charge >= 0.3 is 5.97 Å². The van der Waals surface area contributed by atoms with Gasteiger partial charge in [-0.1, -0.05) is 6.92 Å². The molecule has 0 saturated heterocycles. The molecule has 0 radical (unpaired) electrons. The van der Waals surface area contributed by atoms with Crippen molar-refractivity contribution in [1.29, 1.82) is 0 Å². The third kappa shape index (κ3) is 2.03. The first-order chi connectivity index (χ1) is 8.04.